The molecule has 1 aromatic rings. The topological polar surface area (TPSA) is 86.6 Å². The van der Waals surface area contributed by atoms with Crippen LogP contribution in [0.5, 0.6) is 5.75 Å². The van der Waals surface area contributed by atoms with Gasteiger partial charge in [0.25, 0.3) is 5.91 Å². The fourth-order valence-electron chi connectivity index (χ4n) is 0.990. The molecular weight excluding hydrogens is 234 g/mol. The fraction of sp³-hybridized carbons (Fsp3) is 0.200. The molecule has 0 aliphatic rings. The van der Waals surface area contributed by atoms with Crippen molar-refractivity contribution in [2.24, 2.45) is 0 Å². The number of halogens is 1. The first kappa shape index (κ1) is 12.3. The van der Waals surface area contributed by atoms with Crippen LogP contribution >= 0.6 is 11.6 Å². The van der Waals surface area contributed by atoms with E-state index in [2.05, 4.69) is 5.32 Å². The van der Waals surface area contributed by atoms with E-state index in [1.54, 1.807) is 0 Å². The van der Waals surface area contributed by atoms with E-state index < -0.39 is 17.9 Å². The average Bonchev–Trinajstić information content (AvgIpc) is 2.21. The number of carboxylic acids is 1. The van der Waals surface area contributed by atoms with E-state index in [0.717, 1.165) is 0 Å². The number of amides is 1. The van der Waals surface area contributed by atoms with Crippen LogP contribution < -0.4 is 5.32 Å². The molecule has 0 heterocycles. The van der Waals surface area contributed by atoms with Gasteiger partial charge in [-0.05, 0) is 25.1 Å². The molecule has 1 unspecified atom stereocenters. The van der Waals surface area contributed by atoms with E-state index in [9.17, 15) is 9.59 Å². The smallest absolute Gasteiger partial charge is 0.325 e. The minimum Gasteiger partial charge on any atom is -0.506 e. The van der Waals surface area contributed by atoms with Gasteiger partial charge in [-0.3, -0.25) is 9.59 Å². The molecule has 1 aromatic carbocycles. The van der Waals surface area contributed by atoms with Crippen molar-refractivity contribution in [1.82, 2.24) is 5.32 Å². The summed E-state index contributed by atoms with van der Waals surface area (Å²) in [6.07, 6.45) is 0. The second kappa shape index (κ2) is 4.85. The number of carbonyl (C=O) groups excluding carboxylic acids is 1. The maximum absolute atomic E-state index is 11.5. The second-order valence-electron chi connectivity index (χ2n) is 3.20. The van der Waals surface area contributed by atoms with Gasteiger partial charge in [-0.15, -0.1) is 0 Å². The van der Waals surface area contributed by atoms with Crippen molar-refractivity contribution in [1.29, 1.82) is 0 Å². The minimum atomic E-state index is -1.13. The summed E-state index contributed by atoms with van der Waals surface area (Å²) in [6.45, 7) is 1.35. The van der Waals surface area contributed by atoms with Crippen molar-refractivity contribution in [3.8, 4) is 5.75 Å². The number of hydrogen-bond donors (Lipinski definition) is 3. The molecule has 0 fully saturated rings. The standard InChI is InChI=1S/C10H10ClNO4/c1-5(10(15)16)12-9(14)6-2-3-8(13)7(11)4-6/h2-5,13H,1H3,(H,12,14)(H,15,16). The first-order chi connectivity index (χ1) is 7.41. The number of aromatic hydroxyl groups is 1. The quantitative estimate of drug-likeness (QED) is 0.746. The van der Waals surface area contributed by atoms with Gasteiger partial charge < -0.3 is 15.5 Å². The summed E-state index contributed by atoms with van der Waals surface area (Å²) in [5, 5.41) is 20.0. The predicted molar refractivity (Wildman–Crippen MR) is 57.7 cm³/mol. The molecule has 0 aliphatic carbocycles. The van der Waals surface area contributed by atoms with Crippen molar-refractivity contribution >= 4 is 23.5 Å². The highest BCUT2D eigenvalue weighted by molar-refractivity contribution is 6.32. The SMILES string of the molecule is CC(NC(=O)c1ccc(O)c(Cl)c1)C(=O)O. The lowest BCUT2D eigenvalue weighted by Gasteiger charge is -2.09. The van der Waals surface area contributed by atoms with E-state index in [0.29, 0.717) is 0 Å². The number of benzene rings is 1. The summed E-state index contributed by atoms with van der Waals surface area (Å²) in [7, 11) is 0. The molecule has 86 valence electrons. The lowest BCUT2D eigenvalue weighted by atomic mass is 10.2. The van der Waals surface area contributed by atoms with Crippen LogP contribution in [-0.2, 0) is 4.79 Å². The Morgan fingerprint density at radius 3 is 2.56 bits per heavy atom. The molecule has 0 spiro atoms. The van der Waals surface area contributed by atoms with Gasteiger partial charge in [0.2, 0.25) is 0 Å². The van der Waals surface area contributed by atoms with Crippen molar-refractivity contribution in [2.45, 2.75) is 13.0 Å². The van der Waals surface area contributed by atoms with E-state index >= 15 is 0 Å². The molecule has 0 aliphatic heterocycles. The van der Waals surface area contributed by atoms with E-state index in [-0.39, 0.29) is 16.3 Å². The summed E-state index contributed by atoms with van der Waals surface area (Å²) in [4.78, 5) is 22.0. The van der Waals surface area contributed by atoms with Gasteiger partial charge in [-0.2, -0.15) is 0 Å². The largest absolute Gasteiger partial charge is 0.506 e. The third-order valence-electron chi connectivity index (χ3n) is 1.93. The number of rotatable bonds is 3. The third kappa shape index (κ3) is 2.87. The highest BCUT2D eigenvalue weighted by atomic mass is 35.5. The van der Waals surface area contributed by atoms with Crippen molar-refractivity contribution < 1.29 is 19.8 Å². The Labute approximate surface area is 96.7 Å². The number of hydrogen-bond acceptors (Lipinski definition) is 3. The summed E-state index contributed by atoms with van der Waals surface area (Å²) >= 11 is 5.61. The molecule has 6 heteroatoms. The minimum absolute atomic E-state index is 0.0376. The number of nitrogens with one attached hydrogen (secondary N) is 1. The predicted octanol–water partition coefficient (Wildman–Crippen LogP) is 1.25. The molecule has 3 N–H and O–H groups in total. The Balaban J connectivity index is 2.81. The molecule has 16 heavy (non-hydrogen) atoms. The van der Waals surface area contributed by atoms with Gasteiger partial charge in [0.15, 0.2) is 0 Å². The summed E-state index contributed by atoms with van der Waals surface area (Å²) in [6, 6.07) is 2.90. The maximum atomic E-state index is 11.5. The zero-order valence-electron chi connectivity index (χ0n) is 8.40. The number of phenols is 1. The zero-order valence-corrected chi connectivity index (χ0v) is 9.15. The molecule has 1 rings (SSSR count). The van der Waals surface area contributed by atoms with Crippen LogP contribution in [0.3, 0.4) is 0 Å². The summed E-state index contributed by atoms with van der Waals surface area (Å²) in [5.41, 5.74) is 0.191. The highest BCUT2D eigenvalue weighted by Crippen LogP contribution is 2.23. The first-order valence-electron chi connectivity index (χ1n) is 4.44. The summed E-state index contributed by atoms with van der Waals surface area (Å²) in [5.74, 6) is -1.82. The molecule has 0 saturated carbocycles. The fourth-order valence-corrected chi connectivity index (χ4v) is 1.17. The van der Waals surface area contributed by atoms with Crippen molar-refractivity contribution in [3.63, 3.8) is 0 Å². The Kier molecular flexibility index (Phi) is 3.73. The van der Waals surface area contributed by atoms with Crippen LogP contribution in [0.25, 0.3) is 0 Å². The third-order valence-corrected chi connectivity index (χ3v) is 2.23. The molecule has 1 atom stereocenters. The molecule has 0 saturated heterocycles. The van der Waals surface area contributed by atoms with Gasteiger partial charge in [0.05, 0.1) is 5.02 Å². The molecule has 1 amide bonds. The van der Waals surface area contributed by atoms with E-state index in [4.69, 9.17) is 21.8 Å². The Morgan fingerprint density at radius 2 is 2.06 bits per heavy atom. The van der Waals surface area contributed by atoms with Gasteiger partial charge in [0.1, 0.15) is 11.8 Å². The molecule has 0 aromatic heterocycles. The average molecular weight is 244 g/mol. The monoisotopic (exact) mass is 243 g/mol. The highest BCUT2D eigenvalue weighted by Gasteiger charge is 2.15. The number of carbonyl (C=O) groups is 2. The van der Waals surface area contributed by atoms with Crippen molar-refractivity contribution in [2.75, 3.05) is 0 Å². The van der Waals surface area contributed by atoms with Crippen LogP contribution in [0.2, 0.25) is 5.02 Å². The maximum Gasteiger partial charge on any atom is 0.325 e. The zero-order chi connectivity index (χ0) is 12.3. The lowest BCUT2D eigenvalue weighted by Crippen LogP contribution is -2.38. The lowest BCUT2D eigenvalue weighted by molar-refractivity contribution is -0.138. The van der Waals surface area contributed by atoms with Gasteiger partial charge >= 0.3 is 5.97 Å². The van der Waals surface area contributed by atoms with Crippen LogP contribution in [0.1, 0.15) is 17.3 Å². The summed E-state index contributed by atoms with van der Waals surface area (Å²) < 4.78 is 0. The molecule has 0 radical (unpaired) electrons. The van der Waals surface area contributed by atoms with E-state index in [1.165, 1.54) is 25.1 Å². The van der Waals surface area contributed by atoms with Crippen LogP contribution in [0.4, 0.5) is 0 Å². The first-order valence-corrected chi connectivity index (χ1v) is 4.82. The van der Waals surface area contributed by atoms with Gasteiger partial charge in [0, 0.05) is 5.56 Å². The van der Waals surface area contributed by atoms with Gasteiger partial charge in [-0.25, -0.2) is 0 Å². The molecule has 0 bridgehead atoms. The second-order valence-corrected chi connectivity index (χ2v) is 3.61. The van der Waals surface area contributed by atoms with Crippen molar-refractivity contribution in [3.05, 3.63) is 28.8 Å². The number of carboxylic acid groups (broad SMARTS) is 1. The van der Waals surface area contributed by atoms with Crippen LogP contribution in [0.15, 0.2) is 18.2 Å². The van der Waals surface area contributed by atoms with Crippen LogP contribution in [0, 0.1) is 0 Å². The number of phenolic OH excluding ortho intramolecular Hbond substituents is 1. The normalized spacial score (nSPS) is 11.9. The van der Waals surface area contributed by atoms with E-state index in [1.807, 2.05) is 0 Å². The Bertz CT molecular complexity index is 433. The van der Waals surface area contributed by atoms with Crippen LogP contribution in [-0.4, -0.2) is 28.1 Å². The number of aliphatic carboxylic acids is 1. The van der Waals surface area contributed by atoms with Gasteiger partial charge in [-0.1, -0.05) is 11.6 Å². The Morgan fingerprint density at radius 1 is 1.44 bits per heavy atom. The molecular formula is C10H10ClNO4. The Hall–Kier alpha value is -1.75. The molecule has 5 nitrogen and oxygen atoms in total.